The van der Waals surface area contributed by atoms with Gasteiger partial charge in [0.2, 0.25) is 0 Å². The van der Waals surface area contributed by atoms with Gasteiger partial charge in [-0.25, -0.2) is 13.6 Å². The molecule has 1 rings (SSSR count). The lowest BCUT2D eigenvalue weighted by atomic mass is 10.1. The lowest BCUT2D eigenvalue weighted by Gasteiger charge is -2.18. The van der Waals surface area contributed by atoms with Crippen LogP contribution < -0.4 is 10.6 Å². The molecule has 3 N–H and O–H groups in total. The fraction of sp³-hybridized carbons (Fsp3) is 0.333. The molecule has 7 heteroatoms. The zero-order valence-electron chi connectivity index (χ0n) is 9.98. The molecule has 5 nitrogen and oxygen atoms in total. The molecule has 1 atom stereocenters. The summed E-state index contributed by atoms with van der Waals surface area (Å²) >= 11 is 0. The molecule has 0 spiro atoms. The topological polar surface area (TPSA) is 78.4 Å². The van der Waals surface area contributed by atoms with Gasteiger partial charge in [-0.1, -0.05) is 30.3 Å². The Balaban J connectivity index is 2.55. The van der Waals surface area contributed by atoms with Gasteiger partial charge < -0.3 is 15.7 Å². The van der Waals surface area contributed by atoms with Crippen molar-refractivity contribution < 1.29 is 23.5 Å². The molecule has 0 aliphatic carbocycles. The van der Waals surface area contributed by atoms with Crippen LogP contribution in [0.25, 0.3) is 0 Å². The van der Waals surface area contributed by atoms with Crippen LogP contribution in [0.1, 0.15) is 18.0 Å². The maximum absolute atomic E-state index is 12.9. The van der Waals surface area contributed by atoms with Crippen LogP contribution in [0.4, 0.5) is 13.6 Å². The van der Waals surface area contributed by atoms with Gasteiger partial charge in [-0.2, -0.15) is 0 Å². The van der Waals surface area contributed by atoms with E-state index < -0.39 is 24.5 Å². The summed E-state index contributed by atoms with van der Waals surface area (Å²) < 4.78 is 25.7. The first kappa shape index (κ1) is 14.9. The number of halogens is 2. The van der Waals surface area contributed by atoms with Gasteiger partial charge in [0.25, 0.3) is 6.43 Å². The maximum Gasteiger partial charge on any atom is 0.315 e. The average Bonchev–Trinajstić information content (AvgIpc) is 2.36. The highest BCUT2D eigenvalue weighted by molar-refractivity contribution is 5.75. The molecule has 104 valence electrons. The second-order valence-electron chi connectivity index (χ2n) is 3.77. The summed E-state index contributed by atoms with van der Waals surface area (Å²) in [5, 5.41) is 12.7. The molecular formula is C12H14F2N2O3. The number of urea groups is 1. The zero-order chi connectivity index (χ0) is 14.3. The monoisotopic (exact) mass is 272 g/mol. The molecule has 0 aromatic heterocycles. The Morgan fingerprint density at radius 1 is 1.21 bits per heavy atom. The van der Waals surface area contributed by atoms with Crippen molar-refractivity contribution in [3.05, 3.63) is 35.9 Å². The Kier molecular flexibility index (Phi) is 5.72. The lowest BCUT2D eigenvalue weighted by Crippen LogP contribution is -2.41. The van der Waals surface area contributed by atoms with Crippen LogP contribution in [0.2, 0.25) is 0 Å². The molecule has 0 saturated heterocycles. The normalized spacial score (nSPS) is 11.9. The minimum Gasteiger partial charge on any atom is -0.481 e. The quantitative estimate of drug-likeness (QED) is 0.738. The van der Waals surface area contributed by atoms with E-state index in [9.17, 15) is 18.4 Å². The van der Waals surface area contributed by atoms with Gasteiger partial charge in [0, 0.05) is 6.54 Å². The minimum atomic E-state index is -2.76. The van der Waals surface area contributed by atoms with Crippen molar-refractivity contribution in [2.75, 3.05) is 6.54 Å². The van der Waals surface area contributed by atoms with E-state index in [1.807, 2.05) is 0 Å². The number of amides is 2. The summed E-state index contributed by atoms with van der Waals surface area (Å²) in [6.07, 6.45) is -3.02. The second-order valence-corrected chi connectivity index (χ2v) is 3.77. The van der Waals surface area contributed by atoms with Crippen molar-refractivity contribution in [1.29, 1.82) is 0 Å². The highest BCUT2D eigenvalue weighted by atomic mass is 19.3. The molecule has 0 bridgehead atoms. The van der Waals surface area contributed by atoms with E-state index in [1.54, 1.807) is 18.2 Å². The number of carbonyl (C=O) groups is 2. The van der Waals surface area contributed by atoms with E-state index in [0.717, 1.165) is 0 Å². The molecule has 0 aliphatic rings. The van der Waals surface area contributed by atoms with Gasteiger partial charge in [0.05, 0.1) is 6.42 Å². The van der Waals surface area contributed by atoms with Gasteiger partial charge in [-0.3, -0.25) is 4.79 Å². The minimum absolute atomic E-state index is 0.119. The number of alkyl halides is 2. The number of benzene rings is 1. The summed E-state index contributed by atoms with van der Waals surface area (Å²) in [7, 11) is 0. The molecule has 2 amide bonds. The molecule has 1 unspecified atom stereocenters. The number of carbonyl (C=O) groups excluding carboxylic acids is 1. The van der Waals surface area contributed by atoms with E-state index in [-0.39, 0.29) is 18.5 Å². The van der Waals surface area contributed by atoms with Gasteiger partial charge in [0.1, 0.15) is 6.04 Å². The molecule has 1 aromatic rings. The molecular weight excluding hydrogens is 258 g/mol. The van der Waals surface area contributed by atoms with Crippen LogP contribution in [0.15, 0.2) is 30.3 Å². The van der Waals surface area contributed by atoms with Crippen molar-refractivity contribution in [2.24, 2.45) is 0 Å². The predicted octanol–water partition coefficient (Wildman–Crippen LogP) is 1.77. The zero-order valence-corrected chi connectivity index (χ0v) is 9.98. The smallest absolute Gasteiger partial charge is 0.315 e. The van der Waals surface area contributed by atoms with Crippen LogP contribution in [0, 0.1) is 0 Å². The summed E-state index contributed by atoms with van der Waals surface area (Å²) in [4.78, 5) is 21.6. The summed E-state index contributed by atoms with van der Waals surface area (Å²) in [5.74, 6) is -1.08. The Morgan fingerprint density at radius 2 is 1.84 bits per heavy atom. The third-order valence-corrected chi connectivity index (χ3v) is 2.32. The van der Waals surface area contributed by atoms with Gasteiger partial charge in [-0.05, 0) is 5.56 Å². The lowest BCUT2D eigenvalue weighted by molar-refractivity contribution is -0.136. The number of carboxylic acid groups (broad SMARTS) is 1. The third-order valence-electron chi connectivity index (χ3n) is 2.32. The number of hydrogen-bond donors (Lipinski definition) is 3. The predicted molar refractivity (Wildman–Crippen MR) is 64.0 cm³/mol. The van der Waals surface area contributed by atoms with Crippen molar-refractivity contribution in [3.63, 3.8) is 0 Å². The number of rotatable bonds is 6. The molecule has 0 aliphatic heterocycles. The fourth-order valence-corrected chi connectivity index (χ4v) is 1.43. The standard InChI is InChI=1S/C12H14F2N2O3/c13-11(14)10(8-4-2-1-3-5-8)16-12(19)15-7-6-9(17)18/h1-5,10-11H,6-7H2,(H,17,18)(H2,15,16,19). The molecule has 19 heavy (non-hydrogen) atoms. The van der Waals surface area contributed by atoms with Gasteiger partial charge >= 0.3 is 12.0 Å². The van der Waals surface area contributed by atoms with E-state index in [4.69, 9.17) is 5.11 Å². The number of aliphatic carboxylic acids is 1. The van der Waals surface area contributed by atoms with E-state index in [1.165, 1.54) is 12.1 Å². The molecule has 0 fully saturated rings. The molecule has 1 aromatic carbocycles. The van der Waals surface area contributed by atoms with E-state index >= 15 is 0 Å². The van der Waals surface area contributed by atoms with Crippen molar-refractivity contribution in [2.45, 2.75) is 18.9 Å². The SMILES string of the molecule is O=C(O)CCNC(=O)NC(c1ccccc1)C(F)F. The number of nitrogens with one attached hydrogen (secondary N) is 2. The second kappa shape index (κ2) is 7.30. The largest absolute Gasteiger partial charge is 0.481 e. The van der Waals surface area contributed by atoms with Crippen LogP contribution in [0.3, 0.4) is 0 Å². The Hall–Kier alpha value is -2.18. The van der Waals surface area contributed by atoms with E-state index in [0.29, 0.717) is 0 Å². The number of carboxylic acids is 1. The fourth-order valence-electron chi connectivity index (χ4n) is 1.43. The maximum atomic E-state index is 12.9. The summed E-state index contributed by atoms with van der Waals surface area (Å²) in [5.41, 5.74) is 0.283. The number of hydrogen-bond acceptors (Lipinski definition) is 2. The Bertz CT molecular complexity index is 426. The van der Waals surface area contributed by atoms with Gasteiger partial charge in [0.15, 0.2) is 0 Å². The van der Waals surface area contributed by atoms with Crippen LogP contribution in [-0.2, 0) is 4.79 Å². The first-order valence-corrected chi connectivity index (χ1v) is 5.60. The van der Waals surface area contributed by atoms with Crippen LogP contribution in [0.5, 0.6) is 0 Å². The van der Waals surface area contributed by atoms with E-state index in [2.05, 4.69) is 10.6 Å². The Morgan fingerprint density at radius 3 is 2.37 bits per heavy atom. The van der Waals surface area contributed by atoms with Crippen LogP contribution >= 0.6 is 0 Å². The average molecular weight is 272 g/mol. The first-order chi connectivity index (χ1) is 9.00. The molecule has 0 saturated carbocycles. The first-order valence-electron chi connectivity index (χ1n) is 5.60. The highest BCUT2D eigenvalue weighted by Crippen LogP contribution is 2.19. The van der Waals surface area contributed by atoms with Crippen molar-refractivity contribution in [3.8, 4) is 0 Å². The Labute approximate surface area is 108 Å². The van der Waals surface area contributed by atoms with Crippen LogP contribution in [-0.4, -0.2) is 30.1 Å². The van der Waals surface area contributed by atoms with Crippen molar-refractivity contribution >= 4 is 12.0 Å². The molecule has 0 radical (unpaired) electrons. The highest BCUT2D eigenvalue weighted by Gasteiger charge is 2.23. The molecule has 0 heterocycles. The summed E-state index contributed by atoms with van der Waals surface area (Å²) in [6.45, 7) is -0.119. The van der Waals surface area contributed by atoms with Crippen molar-refractivity contribution in [1.82, 2.24) is 10.6 Å². The van der Waals surface area contributed by atoms with Gasteiger partial charge in [-0.15, -0.1) is 0 Å². The third kappa shape index (κ3) is 5.33. The summed E-state index contributed by atoms with van der Waals surface area (Å²) in [6, 6.07) is 5.58.